The molecule has 0 saturated carbocycles. The number of hydrogen-bond acceptors (Lipinski definition) is 5. The topological polar surface area (TPSA) is 90.4 Å². The molecule has 8 heteroatoms. The molecule has 0 radical (unpaired) electrons. The average Bonchev–Trinajstić information content (AvgIpc) is 3.28. The molecule has 3 amide bonds. The Morgan fingerprint density at radius 2 is 1.83 bits per heavy atom. The number of aliphatic hydroxyl groups is 1. The molecule has 3 fully saturated rings. The Morgan fingerprint density at radius 3 is 2.37 bits per heavy atom. The van der Waals surface area contributed by atoms with Crippen molar-refractivity contribution in [3.05, 3.63) is 25.3 Å². The number of likely N-dealkylation sites (N-methyl/N-ethyl adjacent to an activating group) is 1. The highest BCUT2D eigenvalue weighted by Gasteiger charge is 2.80. The van der Waals surface area contributed by atoms with Crippen LogP contribution in [0.5, 0.6) is 0 Å². The van der Waals surface area contributed by atoms with Crippen LogP contribution in [0.25, 0.3) is 0 Å². The Hall–Kier alpha value is -2.19. The summed E-state index contributed by atoms with van der Waals surface area (Å²) >= 11 is 0. The predicted molar refractivity (Wildman–Crippen MR) is 134 cm³/mol. The molecule has 196 valence electrons. The maximum atomic E-state index is 14.3. The summed E-state index contributed by atoms with van der Waals surface area (Å²) in [6, 6.07) is -0.829. The summed E-state index contributed by atoms with van der Waals surface area (Å²) in [5, 5.41) is 9.33. The number of nitrogens with zero attached hydrogens (tertiary/aromatic N) is 3. The SMILES string of the molecule is C=CCN(C)C(=O)[C@H]1[C@H]2C(=O)N(CCCCO)C(C(=O)N(CC=C)C(C)(C)C)C23CC(C)[C@]1(C)O3. The molecule has 1 spiro atoms. The maximum Gasteiger partial charge on any atom is 0.249 e. The van der Waals surface area contributed by atoms with Crippen molar-refractivity contribution in [3.63, 3.8) is 0 Å². The number of fused-ring (bicyclic) bond motifs is 1. The van der Waals surface area contributed by atoms with Crippen molar-refractivity contribution in [2.75, 3.05) is 33.3 Å². The van der Waals surface area contributed by atoms with E-state index in [4.69, 9.17) is 4.74 Å². The highest BCUT2D eigenvalue weighted by Crippen LogP contribution is 2.65. The van der Waals surface area contributed by atoms with Crippen molar-refractivity contribution in [2.24, 2.45) is 17.8 Å². The lowest BCUT2D eigenvalue weighted by Crippen LogP contribution is -2.60. The Bertz CT molecular complexity index is 883. The van der Waals surface area contributed by atoms with Crippen LogP contribution >= 0.6 is 0 Å². The summed E-state index contributed by atoms with van der Waals surface area (Å²) < 4.78 is 6.77. The van der Waals surface area contributed by atoms with Crippen molar-refractivity contribution < 1.29 is 24.2 Å². The van der Waals surface area contributed by atoms with Crippen LogP contribution in [0, 0.1) is 17.8 Å². The molecule has 1 N–H and O–H groups in total. The number of unbranched alkanes of at least 4 members (excludes halogenated alkanes) is 1. The highest BCUT2D eigenvalue weighted by atomic mass is 16.5. The summed E-state index contributed by atoms with van der Waals surface area (Å²) in [4.78, 5) is 47.0. The summed E-state index contributed by atoms with van der Waals surface area (Å²) in [5.74, 6) is -1.94. The molecule has 3 aliphatic rings. The minimum Gasteiger partial charge on any atom is -0.396 e. The molecule has 0 aromatic carbocycles. The van der Waals surface area contributed by atoms with Gasteiger partial charge in [0.15, 0.2) is 0 Å². The van der Waals surface area contributed by atoms with Crippen LogP contribution in [0.1, 0.15) is 53.9 Å². The first-order valence-corrected chi connectivity index (χ1v) is 12.7. The Labute approximate surface area is 210 Å². The van der Waals surface area contributed by atoms with E-state index < -0.39 is 34.6 Å². The summed E-state index contributed by atoms with van der Waals surface area (Å²) in [5.41, 5.74) is -2.40. The fourth-order valence-electron chi connectivity index (χ4n) is 6.52. The average molecular weight is 490 g/mol. The first-order chi connectivity index (χ1) is 16.3. The molecule has 3 unspecified atom stereocenters. The van der Waals surface area contributed by atoms with Crippen LogP contribution in [0.15, 0.2) is 25.3 Å². The van der Waals surface area contributed by atoms with Gasteiger partial charge in [-0.15, -0.1) is 13.2 Å². The molecular weight excluding hydrogens is 446 g/mol. The number of carbonyl (C=O) groups excluding carboxylic acids is 3. The van der Waals surface area contributed by atoms with Crippen LogP contribution in [0.4, 0.5) is 0 Å². The van der Waals surface area contributed by atoms with Gasteiger partial charge in [-0.05, 0) is 52.9 Å². The van der Waals surface area contributed by atoms with Gasteiger partial charge in [0.25, 0.3) is 0 Å². The van der Waals surface area contributed by atoms with Crippen molar-refractivity contribution in [1.82, 2.24) is 14.7 Å². The minimum atomic E-state index is -1.07. The fourth-order valence-corrected chi connectivity index (χ4v) is 6.52. The summed E-state index contributed by atoms with van der Waals surface area (Å²) in [6.07, 6.45) is 4.98. The van der Waals surface area contributed by atoms with Crippen LogP contribution in [0.3, 0.4) is 0 Å². The van der Waals surface area contributed by atoms with Crippen molar-refractivity contribution in [3.8, 4) is 0 Å². The molecule has 0 aliphatic carbocycles. The zero-order valence-electron chi connectivity index (χ0n) is 22.2. The van der Waals surface area contributed by atoms with E-state index in [0.29, 0.717) is 38.9 Å². The van der Waals surface area contributed by atoms with Gasteiger partial charge in [-0.25, -0.2) is 0 Å². The van der Waals surface area contributed by atoms with E-state index in [1.54, 1.807) is 33.9 Å². The van der Waals surface area contributed by atoms with Crippen LogP contribution in [-0.4, -0.2) is 93.6 Å². The Balaban J connectivity index is 2.13. The van der Waals surface area contributed by atoms with Gasteiger partial charge in [0.1, 0.15) is 11.6 Å². The van der Waals surface area contributed by atoms with Gasteiger partial charge in [0.05, 0.1) is 17.4 Å². The van der Waals surface area contributed by atoms with E-state index in [2.05, 4.69) is 13.2 Å². The van der Waals surface area contributed by atoms with Gasteiger partial charge in [0, 0.05) is 38.8 Å². The van der Waals surface area contributed by atoms with Crippen LogP contribution in [-0.2, 0) is 19.1 Å². The number of carbonyl (C=O) groups is 3. The van der Waals surface area contributed by atoms with E-state index in [1.807, 2.05) is 34.6 Å². The standard InChI is InChI=1S/C27H43N3O5/c1-9-13-28(8)22(32)19-20-23(33)29(15-11-12-16-31)21(24(34)30(14-10-2)25(4,5)6)27(20)17-18(3)26(19,7)35-27/h9-10,18-21,31H,1-2,11-17H2,3-8H3/t18?,19-,20+,21?,26+,27?/m1/s1. The monoisotopic (exact) mass is 489 g/mol. The second-order valence-electron chi connectivity index (χ2n) is 11.6. The zero-order chi connectivity index (χ0) is 26.3. The molecule has 8 nitrogen and oxygen atoms in total. The zero-order valence-corrected chi connectivity index (χ0v) is 22.2. The Kier molecular flexibility index (Phi) is 7.59. The van der Waals surface area contributed by atoms with Crippen LogP contribution in [0.2, 0.25) is 0 Å². The van der Waals surface area contributed by atoms with E-state index in [-0.39, 0.29) is 30.2 Å². The number of amides is 3. The lowest BCUT2D eigenvalue weighted by atomic mass is 9.62. The number of hydrogen-bond donors (Lipinski definition) is 1. The Morgan fingerprint density at radius 1 is 1.20 bits per heavy atom. The summed E-state index contributed by atoms with van der Waals surface area (Å²) in [7, 11) is 1.71. The second kappa shape index (κ2) is 9.69. The fraction of sp³-hybridized carbons (Fsp3) is 0.741. The maximum absolute atomic E-state index is 14.3. The van der Waals surface area contributed by atoms with Crippen molar-refractivity contribution in [1.29, 1.82) is 0 Å². The van der Waals surface area contributed by atoms with Gasteiger partial charge >= 0.3 is 0 Å². The van der Waals surface area contributed by atoms with Gasteiger partial charge in [-0.2, -0.15) is 0 Å². The molecule has 3 saturated heterocycles. The number of rotatable bonds is 10. The predicted octanol–water partition coefficient (Wildman–Crippen LogP) is 2.23. The number of likely N-dealkylation sites (tertiary alicyclic amines) is 1. The normalized spacial score (nSPS) is 33.6. The smallest absolute Gasteiger partial charge is 0.249 e. The lowest BCUT2D eigenvalue weighted by Gasteiger charge is -2.42. The first kappa shape index (κ1) is 27.4. The third-order valence-electron chi connectivity index (χ3n) is 8.29. The largest absolute Gasteiger partial charge is 0.396 e. The molecule has 2 bridgehead atoms. The molecule has 3 aliphatic heterocycles. The third-order valence-corrected chi connectivity index (χ3v) is 8.29. The number of aliphatic hydroxyl groups excluding tert-OH is 1. The lowest BCUT2D eigenvalue weighted by molar-refractivity contribution is -0.156. The van der Waals surface area contributed by atoms with Gasteiger partial charge < -0.3 is 24.5 Å². The van der Waals surface area contributed by atoms with E-state index in [9.17, 15) is 19.5 Å². The molecule has 0 aromatic rings. The number of ether oxygens (including phenoxy) is 1. The summed E-state index contributed by atoms with van der Waals surface area (Å²) in [6.45, 7) is 18.5. The molecule has 3 heterocycles. The van der Waals surface area contributed by atoms with Crippen LogP contribution < -0.4 is 0 Å². The van der Waals surface area contributed by atoms with E-state index in [0.717, 1.165) is 0 Å². The van der Waals surface area contributed by atoms with E-state index >= 15 is 0 Å². The van der Waals surface area contributed by atoms with Crippen molar-refractivity contribution >= 4 is 17.7 Å². The second-order valence-corrected chi connectivity index (χ2v) is 11.6. The first-order valence-electron chi connectivity index (χ1n) is 12.7. The van der Waals surface area contributed by atoms with E-state index in [1.165, 1.54) is 0 Å². The third kappa shape index (κ3) is 4.22. The molecule has 35 heavy (non-hydrogen) atoms. The highest BCUT2D eigenvalue weighted by molar-refractivity contribution is 5.99. The van der Waals surface area contributed by atoms with Gasteiger partial charge in [-0.3, -0.25) is 14.4 Å². The van der Waals surface area contributed by atoms with Crippen molar-refractivity contribution in [2.45, 2.75) is 76.7 Å². The molecule has 6 atom stereocenters. The molecule has 0 aromatic heterocycles. The molecule has 3 rings (SSSR count). The molecular formula is C27H43N3O5. The van der Waals surface area contributed by atoms with Gasteiger partial charge in [0.2, 0.25) is 17.7 Å². The quantitative estimate of drug-likeness (QED) is 0.375. The minimum absolute atomic E-state index is 0.00665. The van der Waals surface area contributed by atoms with Gasteiger partial charge in [-0.1, -0.05) is 19.1 Å².